The Hall–Kier alpha value is -6.84. The fourth-order valence-electron chi connectivity index (χ4n) is 7.19. The summed E-state index contributed by atoms with van der Waals surface area (Å²) < 4.78 is 6.00. The van der Waals surface area contributed by atoms with E-state index < -0.39 is 0 Å². The number of furan rings is 1. The summed E-state index contributed by atoms with van der Waals surface area (Å²) >= 11 is 0. The quantitative estimate of drug-likeness (QED) is 0.170. The van der Waals surface area contributed by atoms with Crippen molar-refractivity contribution in [1.82, 2.24) is 9.97 Å². The Kier molecular flexibility index (Phi) is 8.51. The third-order valence-corrected chi connectivity index (χ3v) is 9.92. The molecule has 0 aliphatic rings. The number of rotatable bonds is 5. The molecule has 0 radical (unpaired) electrons. The molecule has 0 saturated heterocycles. The lowest BCUT2D eigenvalue weighted by molar-refractivity contribution is 0.669. The fraction of sp³-hybridized carbons (Fsp3) is 0.0400. The molecule has 0 aliphatic heterocycles. The fourth-order valence-corrected chi connectivity index (χ4v) is 7.19. The van der Waals surface area contributed by atoms with Crippen LogP contribution in [0.1, 0.15) is 12.6 Å². The van der Waals surface area contributed by atoms with E-state index in [0.29, 0.717) is 0 Å². The van der Waals surface area contributed by atoms with Gasteiger partial charge in [0.1, 0.15) is 11.2 Å². The number of aromatic nitrogens is 2. The number of hydrogen-bond donors (Lipinski definition) is 0. The molecule has 0 bridgehead atoms. The van der Waals surface area contributed by atoms with Gasteiger partial charge in [0.05, 0.1) is 5.69 Å². The van der Waals surface area contributed by atoms with Crippen molar-refractivity contribution in [3.63, 3.8) is 0 Å². The van der Waals surface area contributed by atoms with E-state index in [1.807, 2.05) is 60.7 Å². The number of fused-ring (bicyclic) bond motifs is 6. The van der Waals surface area contributed by atoms with Crippen molar-refractivity contribution in [2.75, 3.05) is 0 Å². The van der Waals surface area contributed by atoms with Gasteiger partial charge >= 0.3 is 0 Å². The lowest BCUT2D eigenvalue weighted by Gasteiger charge is -2.12. The Bertz CT molecular complexity index is 2800. The number of aryl methyl sites for hydroxylation is 1. The summed E-state index contributed by atoms with van der Waals surface area (Å²) in [5.41, 5.74) is 11.0. The Balaban J connectivity index is 0.000000160. The molecule has 0 atom stereocenters. The van der Waals surface area contributed by atoms with E-state index in [9.17, 15) is 0 Å². The van der Waals surface area contributed by atoms with Gasteiger partial charge in [-0.2, -0.15) is 0 Å². The summed E-state index contributed by atoms with van der Waals surface area (Å²) in [5, 5.41) is 7.48. The third-order valence-electron chi connectivity index (χ3n) is 9.92. The molecule has 0 fully saturated rings. The minimum Gasteiger partial charge on any atom is -0.456 e. The van der Waals surface area contributed by atoms with Gasteiger partial charge in [-0.25, -0.2) is 9.97 Å². The smallest absolute Gasteiger partial charge is 0.160 e. The van der Waals surface area contributed by atoms with Crippen LogP contribution in [0, 0.1) is 0 Å². The molecule has 10 rings (SSSR count). The van der Waals surface area contributed by atoms with E-state index in [1.165, 1.54) is 43.8 Å². The van der Waals surface area contributed by atoms with Gasteiger partial charge in [0.2, 0.25) is 0 Å². The first-order chi connectivity index (χ1) is 26.2. The van der Waals surface area contributed by atoms with Gasteiger partial charge in [-0.15, -0.1) is 0 Å². The lowest BCUT2D eigenvalue weighted by atomic mass is 9.92. The summed E-state index contributed by atoms with van der Waals surface area (Å²) in [4.78, 5) is 9.35. The first kappa shape index (κ1) is 32.1. The van der Waals surface area contributed by atoms with Crippen LogP contribution in [0.2, 0.25) is 0 Å². The molecule has 0 saturated carbocycles. The summed E-state index contributed by atoms with van der Waals surface area (Å²) in [6.07, 6.45) is 0.905. The Morgan fingerprint density at radius 1 is 0.396 bits per heavy atom. The molecule has 0 amide bonds. The average molecular weight is 681 g/mol. The van der Waals surface area contributed by atoms with Crippen molar-refractivity contribution in [3.05, 3.63) is 194 Å². The van der Waals surface area contributed by atoms with Gasteiger partial charge in [0.15, 0.2) is 5.82 Å². The molecule has 53 heavy (non-hydrogen) atoms. The van der Waals surface area contributed by atoms with Crippen LogP contribution in [0.3, 0.4) is 0 Å². The second-order valence-corrected chi connectivity index (χ2v) is 13.2. The molecule has 0 unspecified atom stereocenters. The zero-order valence-electron chi connectivity index (χ0n) is 29.4. The SMILES string of the molecule is CCc1cc(-c2ccccc2)nc(-c2ccccc2)n1.c1ccc2c(c1)cc(-c1ccc(-c3ccc4oc5ccccc5c4c3)cc1)c1ccccc12. The highest BCUT2D eigenvalue weighted by molar-refractivity contribution is 6.14. The highest BCUT2D eigenvalue weighted by Crippen LogP contribution is 2.37. The van der Waals surface area contributed by atoms with Crippen molar-refractivity contribution < 1.29 is 4.42 Å². The maximum atomic E-state index is 6.00. The Morgan fingerprint density at radius 3 is 1.74 bits per heavy atom. The van der Waals surface area contributed by atoms with Crippen LogP contribution in [0.25, 0.3) is 88.4 Å². The summed E-state index contributed by atoms with van der Waals surface area (Å²) in [7, 11) is 0. The zero-order valence-corrected chi connectivity index (χ0v) is 29.4. The van der Waals surface area contributed by atoms with Gasteiger partial charge in [-0.1, -0.05) is 165 Å². The normalized spacial score (nSPS) is 11.2. The second kappa shape index (κ2) is 14.1. The Morgan fingerprint density at radius 2 is 0.981 bits per heavy atom. The standard InChI is InChI=1S/C32H20O.C18H16N2/c1-2-8-25-24(7-1)20-29(27-10-4-3-9-26(25)27)22-15-13-21(14-16-22)23-17-18-32-30(19-23)28-11-5-6-12-31(28)33-32;1-2-16-13-17(14-9-5-3-6-10-14)20-18(19-16)15-11-7-4-8-12-15/h1-20H;3-13H,2H2,1H3. The highest BCUT2D eigenvalue weighted by Gasteiger charge is 2.11. The minimum atomic E-state index is 0.795. The van der Waals surface area contributed by atoms with Gasteiger partial charge < -0.3 is 4.42 Å². The maximum Gasteiger partial charge on any atom is 0.160 e. The van der Waals surface area contributed by atoms with Crippen molar-refractivity contribution >= 4 is 43.5 Å². The number of nitrogens with zero attached hydrogens (tertiary/aromatic N) is 2. The average Bonchev–Trinajstić information content (AvgIpc) is 3.62. The Labute approximate surface area is 308 Å². The number of benzene rings is 8. The summed E-state index contributed by atoms with van der Waals surface area (Å²) in [5.74, 6) is 0.795. The van der Waals surface area contributed by atoms with E-state index in [0.717, 1.165) is 56.7 Å². The van der Waals surface area contributed by atoms with Gasteiger partial charge in [0.25, 0.3) is 0 Å². The summed E-state index contributed by atoms with van der Waals surface area (Å²) in [6, 6.07) is 65.7. The molecule has 8 aromatic carbocycles. The molecule has 2 aromatic heterocycles. The molecule has 0 aliphatic carbocycles. The molecule has 252 valence electrons. The minimum absolute atomic E-state index is 0.795. The maximum absolute atomic E-state index is 6.00. The molecular formula is C50H36N2O. The molecule has 0 N–H and O–H groups in total. The van der Waals surface area contributed by atoms with Crippen LogP contribution < -0.4 is 0 Å². The van der Waals surface area contributed by atoms with Crippen molar-refractivity contribution in [2.24, 2.45) is 0 Å². The van der Waals surface area contributed by atoms with Crippen LogP contribution in [0.5, 0.6) is 0 Å². The highest BCUT2D eigenvalue weighted by atomic mass is 16.3. The van der Waals surface area contributed by atoms with Crippen LogP contribution in [0.4, 0.5) is 0 Å². The van der Waals surface area contributed by atoms with Crippen molar-refractivity contribution in [3.8, 4) is 44.9 Å². The molecular weight excluding hydrogens is 645 g/mol. The van der Waals surface area contributed by atoms with Gasteiger partial charge in [-0.3, -0.25) is 0 Å². The van der Waals surface area contributed by atoms with E-state index in [2.05, 4.69) is 139 Å². The number of para-hydroxylation sites is 1. The van der Waals surface area contributed by atoms with Crippen LogP contribution in [0.15, 0.2) is 192 Å². The third kappa shape index (κ3) is 6.34. The molecule has 10 aromatic rings. The van der Waals surface area contributed by atoms with E-state index in [1.54, 1.807) is 0 Å². The molecule has 2 heterocycles. The largest absolute Gasteiger partial charge is 0.456 e. The monoisotopic (exact) mass is 680 g/mol. The van der Waals surface area contributed by atoms with Crippen LogP contribution in [-0.2, 0) is 6.42 Å². The van der Waals surface area contributed by atoms with Gasteiger partial charge in [-0.05, 0) is 80.6 Å². The molecule has 3 heteroatoms. The zero-order chi connectivity index (χ0) is 35.6. The van der Waals surface area contributed by atoms with Gasteiger partial charge in [0, 0.05) is 27.6 Å². The van der Waals surface area contributed by atoms with E-state index >= 15 is 0 Å². The number of hydrogen-bond acceptors (Lipinski definition) is 3. The first-order valence-electron chi connectivity index (χ1n) is 18.1. The molecule has 0 spiro atoms. The first-order valence-corrected chi connectivity index (χ1v) is 18.1. The van der Waals surface area contributed by atoms with Crippen molar-refractivity contribution in [2.45, 2.75) is 13.3 Å². The summed E-state index contributed by atoms with van der Waals surface area (Å²) in [6.45, 7) is 2.12. The van der Waals surface area contributed by atoms with E-state index in [-0.39, 0.29) is 0 Å². The lowest BCUT2D eigenvalue weighted by Crippen LogP contribution is -1.97. The molecule has 3 nitrogen and oxygen atoms in total. The predicted molar refractivity (Wildman–Crippen MR) is 222 cm³/mol. The predicted octanol–water partition coefficient (Wildman–Crippen LogP) is 13.6. The topological polar surface area (TPSA) is 38.9 Å². The van der Waals surface area contributed by atoms with Crippen LogP contribution in [-0.4, -0.2) is 9.97 Å². The van der Waals surface area contributed by atoms with E-state index in [4.69, 9.17) is 9.40 Å². The second-order valence-electron chi connectivity index (χ2n) is 13.2. The van der Waals surface area contributed by atoms with Crippen molar-refractivity contribution in [1.29, 1.82) is 0 Å². The van der Waals surface area contributed by atoms with Crippen LogP contribution >= 0.6 is 0 Å².